The van der Waals surface area contributed by atoms with E-state index in [2.05, 4.69) is 10.3 Å². The lowest BCUT2D eigenvalue weighted by Crippen LogP contribution is -1.96. The normalized spacial score (nSPS) is 10.3. The van der Waals surface area contributed by atoms with Gasteiger partial charge in [-0.15, -0.1) is 0 Å². The minimum Gasteiger partial charge on any atom is -0.399 e. The van der Waals surface area contributed by atoms with Gasteiger partial charge < -0.3 is 11.1 Å². The molecule has 0 unspecified atom stereocenters. The lowest BCUT2D eigenvalue weighted by atomic mass is 10.3. The summed E-state index contributed by atoms with van der Waals surface area (Å²) in [5.41, 5.74) is 6.82. The third-order valence-electron chi connectivity index (χ3n) is 2.03. The van der Waals surface area contributed by atoms with Crippen LogP contribution in [-0.4, -0.2) is 4.98 Å². The van der Waals surface area contributed by atoms with E-state index in [0.717, 1.165) is 0 Å². The quantitative estimate of drug-likeness (QED) is 0.807. The maximum absolute atomic E-state index is 6.04. The average molecular weight is 289 g/mol. The van der Waals surface area contributed by atoms with E-state index in [1.165, 1.54) is 0 Å². The minimum atomic E-state index is 0.311. The molecule has 0 fully saturated rings. The Hall–Kier alpha value is -1.16. The fourth-order valence-electron chi connectivity index (χ4n) is 1.32. The molecule has 0 spiro atoms. The van der Waals surface area contributed by atoms with Crippen molar-refractivity contribution in [1.82, 2.24) is 4.98 Å². The predicted molar refractivity (Wildman–Crippen MR) is 73.4 cm³/mol. The fraction of sp³-hybridized carbons (Fsp3) is 0. The molecule has 0 saturated carbocycles. The van der Waals surface area contributed by atoms with Crippen LogP contribution in [0, 0.1) is 0 Å². The Balaban J connectivity index is 2.34. The van der Waals surface area contributed by atoms with Gasteiger partial charge in [0.2, 0.25) is 0 Å². The first kappa shape index (κ1) is 12.3. The summed E-state index contributed by atoms with van der Waals surface area (Å²) in [7, 11) is 0. The van der Waals surface area contributed by atoms with E-state index in [4.69, 9.17) is 40.5 Å². The number of hydrogen-bond acceptors (Lipinski definition) is 3. The molecule has 3 nitrogen and oxygen atoms in total. The third-order valence-corrected chi connectivity index (χ3v) is 3.04. The molecule has 0 aliphatic heterocycles. The molecule has 0 aliphatic carbocycles. The maximum Gasteiger partial charge on any atom is 0.134 e. The van der Waals surface area contributed by atoms with Gasteiger partial charge in [0.25, 0.3) is 0 Å². The number of benzene rings is 1. The van der Waals surface area contributed by atoms with Crippen molar-refractivity contribution < 1.29 is 0 Å². The van der Waals surface area contributed by atoms with Crippen molar-refractivity contribution in [1.29, 1.82) is 0 Å². The molecule has 17 heavy (non-hydrogen) atoms. The van der Waals surface area contributed by atoms with Crippen LogP contribution >= 0.6 is 34.8 Å². The molecule has 1 aromatic carbocycles. The first-order valence-electron chi connectivity index (χ1n) is 4.70. The number of halogens is 3. The molecule has 88 valence electrons. The van der Waals surface area contributed by atoms with Crippen LogP contribution in [-0.2, 0) is 0 Å². The third kappa shape index (κ3) is 2.94. The smallest absolute Gasteiger partial charge is 0.134 e. The fourth-order valence-corrected chi connectivity index (χ4v) is 1.88. The SMILES string of the molecule is Nc1cc(Cl)nc(Nc2cccc(Cl)c2Cl)c1. The van der Waals surface area contributed by atoms with E-state index < -0.39 is 0 Å². The minimum absolute atomic E-state index is 0.311. The standard InChI is InChI=1S/C11H8Cl3N3/c12-7-2-1-3-8(11(7)14)16-10-5-6(15)4-9(13)17-10/h1-5H,(H3,15,16,17). The number of aromatic nitrogens is 1. The van der Waals surface area contributed by atoms with Crippen molar-refractivity contribution in [2.45, 2.75) is 0 Å². The summed E-state index contributed by atoms with van der Waals surface area (Å²) in [4.78, 5) is 4.07. The summed E-state index contributed by atoms with van der Waals surface area (Å²) in [5.74, 6) is 0.513. The summed E-state index contributed by atoms with van der Waals surface area (Å²) < 4.78 is 0. The molecule has 0 atom stereocenters. The number of nitrogens with one attached hydrogen (secondary N) is 1. The highest BCUT2D eigenvalue weighted by Crippen LogP contribution is 2.31. The Labute approximate surface area is 114 Å². The zero-order valence-electron chi connectivity index (χ0n) is 8.55. The number of nitrogens with zero attached hydrogens (tertiary/aromatic N) is 1. The molecule has 0 radical (unpaired) electrons. The predicted octanol–water partition coefficient (Wildman–Crippen LogP) is 4.37. The second-order valence-corrected chi connectivity index (χ2v) is 4.51. The van der Waals surface area contributed by atoms with Crippen LogP contribution in [0.25, 0.3) is 0 Å². The van der Waals surface area contributed by atoms with Crippen LogP contribution in [0.1, 0.15) is 0 Å². The molecule has 0 amide bonds. The number of nitrogen functional groups attached to an aromatic ring is 1. The summed E-state index contributed by atoms with van der Waals surface area (Å²) in [6, 6.07) is 8.49. The summed E-state index contributed by atoms with van der Waals surface area (Å²) >= 11 is 17.7. The van der Waals surface area contributed by atoms with Gasteiger partial charge in [-0.2, -0.15) is 0 Å². The van der Waals surface area contributed by atoms with Crippen LogP contribution in [0.4, 0.5) is 17.2 Å². The Morgan fingerprint density at radius 3 is 2.59 bits per heavy atom. The van der Waals surface area contributed by atoms with Gasteiger partial charge in [0.05, 0.1) is 15.7 Å². The van der Waals surface area contributed by atoms with Gasteiger partial charge >= 0.3 is 0 Å². The average Bonchev–Trinajstić information content (AvgIpc) is 2.23. The van der Waals surface area contributed by atoms with Crippen LogP contribution in [0.15, 0.2) is 30.3 Å². The topological polar surface area (TPSA) is 50.9 Å². The zero-order valence-corrected chi connectivity index (χ0v) is 10.8. The number of hydrogen-bond donors (Lipinski definition) is 2. The molecule has 6 heteroatoms. The number of anilines is 3. The van der Waals surface area contributed by atoms with Crippen LogP contribution in [0.5, 0.6) is 0 Å². The van der Waals surface area contributed by atoms with Crippen molar-refractivity contribution >= 4 is 52.0 Å². The molecule has 0 bridgehead atoms. The molecule has 2 aromatic rings. The van der Waals surface area contributed by atoms with Gasteiger partial charge in [-0.1, -0.05) is 40.9 Å². The van der Waals surface area contributed by atoms with Gasteiger partial charge in [0.1, 0.15) is 11.0 Å². The molecule has 0 aliphatic rings. The number of nitrogens with two attached hydrogens (primary N) is 1. The van der Waals surface area contributed by atoms with Gasteiger partial charge in [0, 0.05) is 11.8 Å². The highest BCUT2D eigenvalue weighted by Gasteiger charge is 2.06. The molecular weight excluding hydrogens is 281 g/mol. The highest BCUT2D eigenvalue weighted by atomic mass is 35.5. The molecular formula is C11H8Cl3N3. The Morgan fingerprint density at radius 2 is 1.88 bits per heavy atom. The van der Waals surface area contributed by atoms with Crippen molar-refractivity contribution in [3.05, 3.63) is 45.5 Å². The van der Waals surface area contributed by atoms with Crippen molar-refractivity contribution in [2.24, 2.45) is 0 Å². The van der Waals surface area contributed by atoms with Gasteiger partial charge in [-0.05, 0) is 18.2 Å². The zero-order chi connectivity index (χ0) is 12.4. The van der Waals surface area contributed by atoms with Crippen molar-refractivity contribution in [2.75, 3.05) is 11.1 Å². The van der Waals surface area contributed by atoms with E-state index in [1.807, 2.05) is 0 Å². The summed E-state index contributed by atoms with van der Waals surface area (Å²) in [6.45, 7) is 0. The Bertz CT molecular complexity index is 537. The Kier molecular flexibility index (Phi) is 3.62. The van der Waals surface area contributed by atoms with Gasteiger partial charge in [0.15, 0.2) is 0 Å². The van der Waals surface area contributed by atoms with E-state index >= 15 is 0 Å². The summed E-state index contributed by atoms with van der Waals surface area (Å²) in [6.07, 6.45) is 0. The molecule has 1 aromatic heterocycles. The van der Waals surface area contributed by atoms with Gasteiger partial charge in [-0.3, -0.25) is 0 Å². The lowest BCUT2D eigenvalue weighted by molar-refractivity contribution is 1.31. The first-order chi connectivity index (χ1) is 8.06. The van der Waals surface area contributed by atoms with E-state index in [1.54, 1.807) is 30.3 Å². The lowest BCUT2D eigenvalue weighted by Gasteiger charge is -2.09. The maximum atomic E-state index is 6.04. The van der Waals surface area contributed by atoms with Crippen molar-refractivity contribution in [3.8, 4) is 0 Å². The van der Waals surface area contributed by atoms with Crippen LogP contribution in [0.3, 0.4) is 0 Å². The molecule has 3 N–H and O–H groups in total. The number of rotatable bonds is 2. The number of pyridine rings is 1. The van der Waals surface area contributed by atoms with Crippen molar-refractivity contribution in [3.63, 3.8) is 0 Å². The first-order valence-corrected chi connectivity index (χ1v) is 5.84. The summed E-state index contributed by atoms with van der Waals surface area (Å²) in [5, 5.41) is 4.20. The van der Waals surface area contributed by atoms with Crippen LogP contribution in [0.2, 0.25) is 15.2 Å². The monoisotopic (exact) mass is 287 g/mol. The molecule has 1 heterocycles. The van der Waals surface area contributed by atoms with Gasteiger partial charge in [-0.25, -0.2) is 4.98 Å². The highest BCUT2D eigenvalue weighted by molar-refractivity contribution is 6.43. The second kappa shape index (κ2) is 5.00. The molecule has 0 saturated heterocycles. The van der Waals surface area contributed by atoms with E-state index in [-0.39, 0.29) is 0 Å². The molecule has 2 rings (SSSR count). The Morgan fingerprint density at radius 1 is 1.12 bits per heavy atom. The van der Waals surface area contributed by atoms with E-state index in [9.17, 15) is 0 Å². The second-order valence-electron chi connectivity index (χ2n) is 3.33. The van der Waals surface area contributed by atoms with E-state index in [0.29, 0.717) is 32.4 Å². The van der Waals surface area contributed by atoms with Crippen LogP contribution < -0.4 is 11.1 Å². The largest absolute Gasteiger partial charge is 0.399 e.